The summed E-state index contributed by atoms with van der Waals surface area (Å²) in [4.78, 5) is 26.7. The molecule has 1 fully saturated rings. The zero-order chi connectivity index (χ0) is 20.1. The van der Waals surface area contributed by atoms with Crippen LogP contribution in [-0.2, 0) is 11.2 Å². The minimum absolute atomic E-state index is 0.214. The van der Waals surface area contributed by atoms with Gasteiger partial charge < -0.3 is 4.74 Å². The van der Waals surface area contributed by atoms with Crippen molar-refractivity contribution in [1.82, 2.24) is 4.90 Å². The van der Waals surface area contributed by atoms with E-state index in [2.05, 4.69) is 44.0 Å². The Hall–Kier alpha value is -1.57. The first kappa shape index (κ1) is 21.1. The Morgan fingerprint density at radius 1 is 1.11 bits per heavy atom. The molecule has 0 aliphatic carbocycles. The lowest BCUT2D eigenvalue weighted by Gasteiger charge is -2.12. The van der Waals surface area contributed by atoms with Crippen LogP contribution >= 0.6 is 43.6 Å². The van der Waals surface area contributed by atoms with Gasteiger partial charge in [-0.2, -0.15) is 0 Å². The number of benzene rings is 2. The van der Waals surface area contributed by atoms with Gasteiger partial charge in [-0.1, -0.05) is 30.3 Å². The number of amides is 2. The van der Waals surface area contributed by atoms with Crippen LogP contribution < -0.4 is 4.74 Å². The van der Waals surface area contributed by atoms with Gasteiger partial charge in [-0.15, -0.1) is 0 Å². The molecule has 1 aliphatic rings. The fraction of sp³-hybridized carbons (Fsp3) is 0.238. The van der Waals surface area contributed by atoms with Crippen LogP contribution in [0.4, 0.5) is 4.79 Å². The first-order valence-corrected chi connectivity index (χ1v) is 11.3. The second-order valence-corrected chi connectivity index (χ2v) is 8.87. The summed E-state index contributed by atoms with van der Waals surface area (Å²) in [5.41, 5.74) is 2.02. The third-order valence-electron chi connectivity index (χ3n) is 4.17. The van der Waals surface area contributed by atoms with Crippen LogP contribution in [0.3, 0.4) is 0 Å². The van der Waals surface area contributed by atoms with E-state index in [1.807, 2.05) is 37.3 Å². The molecule has 0 spiro atoms. The van der Waals surface area contributed by atoms with Crippen LogP contribution in [0, 0.1) is 0 Å². The molecule has 0 radical (unpaired) electrons. The number of carbonyl (C=O) groups excluding carboxylic acids is 2. The average Bonchev–Trinajstić information content (AvgIpc) is 2.93. The van der Waals surface area contributed by atoms with E-state index in [0.29, 0.717) is 23.8 Å². The van der Waals surface area contributed by atoms with E-state index in [9.17, 15) is 9.59 Å². The Balaban J connectivity index is 1.69. The van der Waals surface area contributed by atoms with Crippen molar-refractivity contribution in [3.63, 3.8) is 0 Å². The van der Waals surface area contributed by atoms with E-state index in [1.165, 1.54) is 10.5 Å². The van der Waals surface area contributed by atoms with Crippen LogP contribution in [0.2, 0.25) is 0 Å². The first-order chi connectivity index (χ1) is 13.5. The van der Waals surface area contributed by atoms with E-state index in [0.717, 1.165) is 39.1 Å². The van der Waals surface area contributed by atoms with Crippen LogP contribution in [0.15, 0.2) is 56.3 Å². The molecule has 0 unspecified atom stereocenters. The number of nitrogens with zero attached hydrogens (tertiary/aromatic N) is 1. The highest BCUT2D eigenvalue weighted by Gasteiger charge is 2.34. The van der Waals surface area contributed by atoms with Crippen molar-refractivity contribution >= 4 is 60.8 Å². The monoisotopic (exact) mass is 523 g/mol. The normalized spacial score (nSPS) is 15.5. The van der Waals surface area contributed by atoms with Gasteiger partial charge in [0.15, 0.2) is 0 Å². The maximum atomic E-state index is 12.7. The molecule has 146 valence electrons. The van der Waals surface area contributed by atoms with E-state index in [4.69, 9.17) is 4.74 Å². The zero-order valence-electron chi connectivity index (χ0n) is 15.3. The highest BCUT2D eigenvalue weighted by Crippen LogP contribution is 2.37. The molecule has 2 aromatic carbocycles. The SMILES string of the molecule is CCOc1c(Br)cc(/C=C2/SC(=O)N(CCCc3ccccc3)C2=O)cc1Br. The molecule has 1 aliphatic heterocycles. The van der Waals surface area contributed by atoms with Gasteiger partial charge in [0.2, 0.25) is 0 Å². The molecule has 0 saturated carbocycles. The van der Waals surface area contributed by atoms with Gasteiger partial charge in [-0.25, -0.2) is 0 Å². The van der Waals surface area contributed by atoms with Crippen molar-refractivity contribution in [2.45, 2.75) is 19.8 Å². The summed E-state index contributed by atoms with van der Waals surface area (Å²) in [6.07, 6.45) is 3.32. The van der Waals surface area contributed by atoms with Crippen molar-refractivity contribution in [2.75, 3.05) is 13.2 Å². The summed E-state index contributed by atoms with van der Waals surface area (Å²) in [5, 5.41) is -0.214. The third kappa shape index (κ3) is 5.07. The maximum Gasteiger partial charge on any atom is 0.293 e. The van der Waals surface area contributed by atoms with E-state index in [1.54, 1.807) is 6.08 Å². The molecule has 0 bridgehead atoms. The van der Waals surface area contributed by atoms with Crippen LogP contribution in [-0.4, -0.2) is 29.2 Å². The standard InChI is InChI=1S/C21H19Br2NO3S/c1-2-27-19-16(22)11-15(12-17(19)23)13-18-20(25)24(21(26)28-18)10-6-9-14-7-4-3-5-8-14/h3-5,7-8,11-13H,2,6,9-10H2,1H3/b18-13+. The van der Waals surface area contributed by atoms with E-state index >= 15 is 0 Å². The summed E-state index contributed by atoms with van der Waals surface area (Å²) in [6, 6.07) is 13.8. The van der Waals surface area contributed by atoms with Gasteiger partial charge in [0.1, 0.15) is 5.75 Å². The Kier molecular flexibility index (Phi) is 7.37. The Morgan fingerprint density at radius 3 is 2.43 bits per heavy atom. The molecular formula is C21H19Br2NO3S. The Morgan fingerprint density at radius 2 is 1.79 bits per heavy atom. The fourth-order valence-electron chi connectivity index (χ4n) is 2.88. The highest BCUT2D eigenvalue weighted by atomic mass is 79.9. The maximum absolute atomic E-state index is 12.7. The van der Waals surface area contributed by atoms with Crippen molar-refractivity contribution in [3.05, 3.63) is 67.4 Å². The molecule has 2 aromatic rings. The largest absolute Gasteiger partial charge is 0.492 e. The van der Waals surface area contributed by atoms with Crippen LogP contribution in [0.25, 0.3) is 6.08 Å². The van der Waals surface area contributed by atoms with Gasteiger partial charge in [0.25, 0.3) is 11.1 Å². The lowest BCUT2D eigenvalue weighted by Crippen LogP contribution is -2.29. The minimum atomic E-state index is -0.232. The topological polar surface area (TPSA) is 46.6 Å². The van der Waals surface area contributed by atoms with Gasteiger partial charge >= 0.3 is 0 Å². The first-order valence-electron chi connectivity index (χ1n) is 8.90. The number of ether oxygens (including phenoxy) is 1. The highest BCUT2D eigenvalue weighted by molar-refractivity contribution is 9.11. The second kappa shape index (κ2) is 9.76. The van der Waals surface area contributed by atoms with Crippen molar-refractivity contribution in [1.29, 1.82) is 0 Å². The molecular weight excluding hydrogens is 506 g/mol. The quantitative estimate of drug-likeness (QED) is 0.400. The van der Waals surface area contributed by atoms with Crippen molar-refractivity contribution in [2.24, 2.45) is 0 Å². The van der Waals surface area contributed by atoms with Crippen LogP contribution in [0.5, 0.6) is 5.75 Å². The predicted octanol–water partition coefficient (Wildman–Crippen LogP) is 6.28. The molecule has 0 atom stereocenters. The number of halogens is 2. The Labute approximate surface area is 185 Å². The number of thioether (sulfide) groups is 1. The lowest BCUT2D eigenvalue weighted by atomic mass is 10.1. The number of imide groups is 1. The molecule has 28 heavy (non-hydrogen) atoms. The van der Waals surface area contributed by atoms with Crippen LogP contribution in [0.1, 0.15) is 24.5 Å². The molecule has 2 amide bonds. The van der Waals surface area contributed by atoms with E-state index in [-0.39, 0.29) is 11.1 Å². The number of rotatable bonds is 7. The summed E-state index contributed by atoms with van der Waals surface area (Å²) in [7, 11) is 0. The van der Waals surface area contributed by atoms with Gasteiger partial charge in [-0.05, 0) is 92.7 Å². The van der Waals surface area contributed by atoms with Gasteiger partial charge in [0.05, 0.1) is 20.5 Å². The Bertz CT molecular complexity index is 892. The molecule has 3 rings (SSSR count). The lowest BCUT2D eigenvalue weighted by molar-refractivity contribution is -0.122. The summed E-state index contributed by atoms with van der Waals surface area (Å²) in [6.45, 7) is 2.90. The molecule has 4 nitrogen and oxygen atoms in total. The fourth-order valence-corrected chi connectivity index (χ4v) is 5.19. The number of aryl methyl sites for hydroxylation is 1. The third-order valence-corrected chi connectivity index (χ3v) is 6.26. The van der Waals surface area contributed by atoms with E-state index < -0.39 is 0 Å². The van der Waals surface area contributed by atoms with Gasteiger partial charge in [0, 0.05) is 6.54 Å². The summed E-state index contributed by atoms with van der Waals surface area (Å²) in [5.74, 6) is 0.484. The van der Waals surface area contributed by atoms with Crippen molar-refractivity contribution in [3.8, 4) is 5.75 Å². The number of carbonyl (C=O) groups is 2. The number of hydrogen-bond donors (Lipinski definition) is 0. The molecule has 0 aromatic heterocycles. The summed E-state index contributed by atoms with van der Waals surface area (Å²) < 4.78 is 7.16. The smallest absolute Gasteiger partial charge is 0.293 e. The molecule has 0 N–H and O–H groups in total. The molecule has 7 heteroatoms. The average molecular weight is 525 g/mol. The molecule has 1 heterocycles. The molecule has 1 saturated heterocycles. The summed E-state index contributed by atoms with van der Waals surface area (Å²) >= 11 is 7.97. The van der Waals surface area contributed by atoms with Gasteiger partial charge in [-0.3, -0.25) is 14.5 Å². The second-order valence-electron chi connectivity index (χ2n) is 6.17. The minimum Gasteiger partial charge on any atom is -0.492 e. The van der Waals surface area contributed by atoms with Crippen molar-refractivity contribution < 1.29 is 14.3 Å². The number of hydrogen-bond acceptors (Lipinski definition) is 4. The zero-order valence-corrected chi connectivity index (χ0v) is 19.3. The predicted molar refractivity (Wildman–Crippen MR) is 120 cm³/mol.